The Bertz CT molecular complexity index is 511. The molecule has 1 atom stereocenters. The van der Waals surface area contributed by atoms with Gasteiger partial charge in [0.25, 0.3) is 0 Å². The Balaban J connectivity index is 2.43. The van der Waals surface area contributed by atoms with Crippen molar-refractivity contribution >= 4 is 39.0 Å². The Morgan fingerprint density at radius 1 is 1.47 bits per heavy atom. The van der Waals surface area contributed by atoms with Crippen LogP contribution in [0.25, 0.3) is 10.2 Å². The summed E-state index contributed by atoms with van der Waals surface area (Å²) >= 11 is 7.56. The molecule has 92 valence electrons. The molecule has 0 N–H and O–H groups in total. The van der Waals surface area contributed by atoms with Gasteiger partial charge in [-0.3, -0.25) is 0 Å². The second kappa shape index (κ2) is 5.19. The highest BCUT2D eigenvalue weighted by Gasteiger charge is 2.15. The monoisotopic (exact) mass is 269 g/mol. The maximum Gasteiger partial charge on any atom is 0.225 e. The lowest BCUT2D eigenvalue weighted by Crippen LogP contribution is -2.29. The summed E-state index contributed by atoms with van der Waals surface area (Å²) in [5.41, 5.74) is 0. The van der Waals surface area contributed by atoms with E-state index in [-0.39, 0.29) is 0 Å². The van der Waals surface area contributed by atoms with Crippen molar-refractivity contribution in [3.05, 3.63) is 16.7 Å². The zero-order valence-corrected chi connectivity index (χ0v) is 11.8. The summed E-state index contributed by atoms with van der Waals surface area (Å²) in [4.78, 5) is 11.7. The lowest BCUT2D eigenvalue weighted by atomic mass is 10.1. The molecule has 1 unspecified atom stereocenters. The van der Waals surface area contributed by atoms with Gasteiger partial charge in [-0.2, -0.15) is 4.98 Å². The van der Waals surface area contributed by atoms with Gasteiger partial charge in [-0.15, -0.1) is 11.3 Å². The Morgan fingerprint density at radius 3 is 2.94 bits per heavy atom. The van der Waals surface area contributed by atoms with Gasteiger partial charge in [0.1, 0.15) is 10.6 Å². The number of anilines is 1. The fourth-order valence-electron chi connectivity index (χ4n) is 1.90. The van der Waals surface area contributed by atoms with Crippen LogP contribution in [0.15, 0.2) is 11.4 Å². The lowest BCUT2D eigenvalue weighted by Gasteiger charge is -2.26. The first-order valence-electron chi connectivity index (χ1n) is 5.77. The number of hydrogen-bond acceptors (Lipinski definition) is 4. The molecule has 0 saturated carbocycles. The summed E-state index contributed by atoms with van der Waals surface area (Å²) in [6, 6.07) is 2.51. The second-order valence-corrected chi connectivity index (χ2v) is 5.44. The molecule has 0 aliphatic rings. The quantitative estimate of drug-likeness (QED) is 0.787. The summed E-state index contributed by atoms with van der Waals surface area (Å²) in [6.45, 7) is 4.40. The van der Waals surface area contributed by atoms with Crippen LogP contribution in [0.3, 0.4) is 0 Å². The third-order valence-electron chi connectivity index (χ3n) is 2.98. The zero-order valence-electron chi connectivity index (χ0n) is 10.3. The van der Waals surface area contributed by atoms with Crippen molar-refractivity contribution < 1.29 is 0 Å². The highest BCUT2D eigenvalue weighted by molar-refractivity contribution is 7.16. The fraction of sp³-hybridized carbons (Fsp3) is 0.500. The van der Waals surface area contributed by atoms with E-state index < -0.39 is 0 Å². The number of rotatable bonds is 4. The van der Waals surface area contributed by atoms with Crippen molar-refractivity contribution in [3.8, 4) is 0 Å². The minimum absolute atomic E-state index is 0.325. The molecule has 2 heterocycles. The molecule has 2 rings (SSSR count). The third-order valence-corrected chi connectivity index (χ3v) is 3.96. The van der Waals surface area contributed by atoms with Gasteiger partial charge < -0.3 is 4.90 Å². The number of aromatic nitrogens is 2. The van der Waals surface area contributed by atoms with Gasteiger partial charge in [0.15, 0.2) is 0 Å². The van der Waals surface area contributed by atoms with Gasteiger partial charge in [0.05, 0.1) is 5.39 Å². The average Bonchev–Trinajstić information content (AvgIpc) is 2.75. The Morgan fingerprint density at radius 2 is 2.24 bits per heavy atom. The molecule has 0 aliphatic heterocycles. The first-order valence-corrected chi connectivity index (χ1v) is 7.02. The summed E-state index contributed by atoms with van der Waals surface area (Å²) in [7, 11) is 2.07. The van der Waals surface area contributed by atoms with Crippen LogP contribution in [0.2, 0.25) is 5.28 Å². The number of halogens is 1. The van der Waals surface area contributed by atoms with Gasteiger partial charge in [0, 0.05) is 13.1 Å². The smallest absolute Gasteiger partial charge is 0.225 e. The topological polar surface area (TPSA) is 29.0 Å². The largest absolute Gasteiger partial charge is 0.356 e. The Kier molecular flexibility index (Phi) is 3.84. The van der Waals surface area contributed by atoms with Gasteiger partial charge in [-0.25, -0.2) is 4.98 Å². The van der Waals surface area contributed by atoms with E-state index in [2.05, 4.69) is 41.8 Å². The first kappa shape index (κ1) is 12.6. The number of fused-ring (bicyclic) bond motifs is 1. The van der Waals surface area contributed by atoms with Crippen molar-refractivity contribution in [2.24, 2.45) is 0 Å². The van der Waals surface area contributed by atoms with Gasteiger partial charge in [-0.1, -0.05) is 13.3 Å². The summed E-state index contributed by atoms with van der Waals surface area (Å²) in [6.07, 6.45) is 2.31. The van der Waals surface area contributed by atoms with Crippen LogP contribution in [0.1, 0.15) is 26.7 Å². The fourth-order valence-corrected chi connectivity index (χ4v) is 2.88. The lowest BCUT2D eigenvalue weighted by molar-refractivity contribution is 0.612. The minimum atomic E-state index is 0.325. The van der Waals surface area contributed by atoms with Gasteiger partial charge in [-0.05, 0) is 36.4 Å². The van der Waals surface area contributed by atoms with E-state index in [1.165, 1.54) is 0 Å². The highest BCUT2D eigenvalue weighted by atomic mass is 35.5. The molecule has 0 amide bonds. The van der Waals surface area contributed by atoms with E-state index in [0.717, 1.165) is 28.9 Å². The van der Waals surface area contributed by atoms with Crippen molar-refractivity contribution in [1.82, 2.24) is 9.97 Å². The Hall–Kier alpha value is -0.870. The molecular formula is C12H16ClN3S. The molecule has 2 aromatic heterocycles. The van der Waals surface area contributed by atoms with Crippen molar-refractivity contribution in [2.75, 3.05) is 11.9 Å². The molecule has 17 heavy (non-hydrogen) atoms. The molecule has 2 aromatic rings. The summed E-state index contributed by atoms with van der Waals surface area (Å²) in [5.74, 6) is 0.933. The zero-order chi connectivity index (χ0) is 12.4. The third kappa shape index (κ3) is 2.53. The normalized spacial score (nSPS) is 12.9. The van der Waals surface area contributed by atoms with E-state index >= 15 is 0 Å². The molecule has 5 heteroatoms. The van der Waals surface area contributed by atoms with Crippen LogP contribution in [0.4, 0.5) is 5.82 Å². The van der Waals surface area contributed by atoms with Crippen LogP contribution in [0.5, 0.6) is 0 Å². The van der Waals surface area contributed by atoms with Gasteiger partial charge in [0.2, 0.25) is 5.28 Å². The Labute approximate surface area is 110 Å². The summed E-state index contributed by atoms with van der Waals surface area (Å²) < 4.78 is 0. The number of nitrogens with zero attached hydrogens (tertiary/aromatic N) is 3. The predicted molar refractivity (Wildman–Crippen MR) is 75.2 cm³/mol. The van der Waals surface area contributed by atoms with Crippen LogP contribution in [-0.4, -0.2) is 23.1 Å². The molecule has 0 aliphatic carbocycles. The van der Waals surface area contributed by atoms with Gasteiger partial charge >= 0.3 is 0 Å². The van der Waals surface area contributed by atoms with Crippen LogP contribution >= 0.6 is 22.9 Å². The maximum atomic E-state index is 5.96. The molecule has 0 fully saturated rings. The molecule has 0 spiro atoms. The molecule has 0 radical (unpaired) electrons. The standard InChI is InChI=1S/C12H16ClN3S/c1-4-5-8(2)16(3)10-9-6-7-17-11(9)15-12(13)14-10/h6-8H,4-5H2,1-3H3. The minimum Gasteiger partial charge on any atom is -0.356 e. The SMILES string of the molecule is CCCC(C)N(C)c1nc(Cl)nc2sccc12. The van der Waals surface area contributed by atoms with Crippen LogP contribution < -0.4 is 4.90 Å². The van der Waals surface area contributed by atoms with E-state index in [4.69, 9.17) is 11.6 Å². The van der Waals surface area contributed by atoms with Crippen LogP contribution in [-0.2, 0) is 0 Å². The molecular weight excluding hydrogens is 254 g/mol. The summed E-state index contributed by atoms with van der Waals surface area (Å²) in [5, 5.41) is 3.44. The molecule has 0 aromatic carbocycles. The van der Waals surface area contributed by atoms with Crippen molar-refractivity contribution in [1.29, 1.82) is 0 Å². The van der Waals surface area contributed by atoms with E-state index in [0.29, 0.717) is 11.3 Å². The van der Waals surface area contributed by atoms with Crippen LogP contribution in [0, 0.1) is 0 Å². The second-order valence-electron chi connectivity index (χ2n) is 4.20. The number of hydrogen-bond donors (Lipinski definition) is 0. The predicted octanol–water partition coefficient (Wildman–Crippen LogP) is 3.97. The van der Waals surface area contributed by atoms with Crippen molar-refractivity contribution in [3.63, 3.8) is 0 Å². The molecule has 3 nitrogen and oxygen atoms in total. The average molecular weight is 270 g/mol. The van der Waals surface area contributed by atoms with E-state index in [1.54, 1.807) is 11.3 Å². The van der Waals surface area contributed by atoms with E-state index in [9.17, 15) is 0 Å². The first-order chi connectivity index (χ1) is 8.13. The maximum absolute atomic E-state index is 5.96. The highest BCUT2D eigenvalue weighted by Crippen LogP contribution is 2.29. The van der Waals surface area contributed by atoms with Crippen molar-refractivity contribution in [2.45, 2.75) is 32.7 Å². The molecule has 0 saturated heterocycles. The number of thiophene rings is 1. The van der Waals surface area contributed by atoms with E-state index in [1.807, 2.05) is 5.38 Å². The molecule has 0 bridgehead atoms.